The van der Waals surface area contributed by atoms with Gasteiger partial charge >= 0.3 is 0 Å². The molecule has 5 heteroatoms. The molecule has 0 fully saturated rings. The van der Waals surface area contributed by atoms with Crippen molar-refractivity contribution in [2.75, 3.05) is 13.3 Å². The Balaban J connectivity index is 1.61. The maximum absolute atomic E-state index is 5.41. The average Bonchev–Trinajstić information content (AvgIpc) is 3.10. The highest BCUT2D eigenvalue weighted by atomic mass is 32.2. The number of hydrogen-bond acceptors (Lipinski definition) is 5. The van der Waals surface area contributed by atoms with Crippen LogP contribution in [0.2, 0.25) is 0 Å². The third kappa shape index (κ3) is 4.71. The number of rotatable bonds is 7. The molecule has 2 aromatic carbocycles. The summed E-state index contributed by atoms with van der Waals surface area (Å²) in [6, 6.07) is 16.9. The summed E-state index contributed by atoms with van der Waals surface area (Å²) in [4.78, 5) is 7.97. The van der Waals surface area contributed by atoms with E-state index in [1.807, 2.05) is 12.1 Å². The van der Waals surface area contributed by atoms with Gasteiger partial charge in [-0.2, -0.15) is 4.98 Å². The first-order chi connectivity index (χ1) is 12.2. The molecule has 25 heavy (non-hydrogen) atoms. The molecular formula is C20H23N3OS. The molecule has 1 heterocycles. The number of benzene rings is 2. The molecule has 130 valence electrons. The molecule has 0 spiro atoms. The van der Waals surface area contributed by atoms with Crippen molar-refractivity contribution in [2.24, 2.45) is 0 Å². The van der Waals surface area contributed by atoms with Crippen LogP contribution in [0.15, 0.2) is 57.9 Å². The second kappa shape index (κ2) is 8.32. The lowest BCUT2D eigenvalue weighted by Gasteiger charge is -2.14. The zero-order valence-corrected chi connectivity index (χ0v) is 15.7. The van der Waals surface area contributed by atoms with Crippen molar-refractivity contribution in [1.82, 2.24) is 15.0 Å². The summed E-state index contributed by atoms with van der Waals surface area (Å²) in [7, 11) is 2.06. The molecule has 0 aliphatic heterocycles. The van der Waals surface area contributed by atoms with Gasteiger partial charge in [0.2, 0.25) is 11.7 Å². The number of aryl methyl sites for hydroxylation is 1. The Morgan fingerprint density at radius 3 is 2.28 bits per heavy atom. The van der Waals surface area contributed by atoms with Gasteiger partial charge in [-0.25, -0.2) is 0 Å². The van der Waals surface area contributed by atoms with Gasteiger partial charge in [0.15, 0.2) is 0 Å². The third-order valence-electron chi connectivity index (χ3n) is 4.11. The van der Waals surface area contributed by atoms with Crippen LogP contribution in [-0.4, -0.2) is 28.3 Å². The molecule has 3 rings (SSSR count). The van der Waals surface area contributed by atoms with E-state index >= 15 is 0 Å². The van der Waals surface area contributed by atoms with Crippen LogP contribution in [-0.2, 0) is 19.5 Å². The zero-order valence-electron chi connectivity index (χ0n) is 14.9. The molecule has 0 aliphatic carbocycles. The Kier molecular flexibility index (Phi) is 5.89. The van der Waals surface area contributed by atoms with E-state index in [4.69, 9.17) is 4.52 Å². The van der Waals surface area contributed by atoms with Crippen LogP contribution in [0, 0.1) is 0 Å². The zero-order chi connectivity index (χ0) is 17.6. The SMILES string of the molecule is CCc1ccc(-c2noc(CN(C)Cc3ccc(SC)cc3)n2)cc1. The summed E-state index contributed by atoms with van der Waals surface area (Å²) in [5.41, 5.74) is 3.57. The molecule has 0 amide bonds. The second-order valence-corrected chi connectivity index (χ2v) is 6.96. The van der Waals surface area contributed by atoms with Crippen molar-refractivity contribution in [1.29, 1.82) is 0 Å². The molecule has 0 atom stereocenters. The summed E-state index contributed by atoms with van der Waals surface area (Å²) >= 11 is 1.76. The first-order valence-electron chi connectivity index (χ1n) is 8.41. The van der Waals surface area contributed by atoms with Crippen molar-refractivity contribution in [2.45, 2.75) is 31.3 Å². The van der Waals surface area contributed by atoms with Crippen molar-refractivity contribution in [3.05, 3.63) is 65.5 Å². The van der Waals surface area contributed by atoms with Crippen LogP contribution in [0.4, 0.5) is 0 Å². The van der Waals surface area contributed by atoms with Crippen LogP contribution < -0.4 is 0 Å². The maximum Gasteiger partial charge on any atom is 0.241 e. The Morgan fingerprint density at radius 2 is 1.64 bits per heavy atom. The van der Waals surface area contributed by atoms with E-state index < -0.39 is 0 Å². The monoisotopic (exact) mass is 353 g/mol. The Labute approximate surface area is 153 Å². The molecule has 0 saturated carbocycles. The van der Waals surface area contributed by atoms with Crippen molar-refractivity contribution in [3.8, 4) is 11.4 Å². The Morgan fingerprint density at radius 1 is 0.960 bits per heavy atom. The fourth-order valence-electron chi connectivity index (χ4n) is 2.66. The van der Waals surface area contributed by atoms with E-state index in [2.05, 4.69) is 71.7 Å². The largest absolute Gasteiger partial charge is 0.338 e. The van der Waals surface area contributed by atoms with Gasteiger partial charge in [0.25, 0.3) is 0 Å². The van der Waals surface area contributed by atoms with Gasteiger partial charge in [0.05, 0.1) is 6.54 Å². The maximum atomic E-state index is 5.41. The van der Waals surface area contributed by atoms with Gasteiger partial charge in [-0.05, 0) is 43.0 Å². The standard InChI is InChI=1S/C20H23N3OS/c1-4-15-5-9-17(10-6-15)20-21-19(24-22-20)14-23(2)13-16-7-11-18(25-3)12-8-16/h5-12H,4,13-14H2,1-3H3. The van der Waals surface area contributed by atoms with Gasteiger partial charge < -0.3 is 4.52 Å². The molecule has 0 N–H and O–H groups in total. The van der Waals surface area contributed by atoms with Crippen LogP contribution in [0.25, 0.3) is 11.4 Å². The minimum atomic E-state index is 0.629. The van der Waals surface area contributed by atoms with Gasteiger partial charge in [-0.15, -0.1) is 11.8 Å². The first kappa shape index (κ1) is 17.7. The predicted molar refractivity (Wildman–Crippen MR) is 103 cm³/mol. The van der Waals surface area contributed by atoms with E-state index in [9.17, 15) is 0 Å². The summed E-state index contributed by atoms with van der Waals surface area (Å²) in [5, 5.41) is 4.11. The highest BCUT2D eigenvalue weighted by Gasteiger charge is 2.11. The Bertz CT molecular complexity index is 797. The molecule has 4 nitrogen and oxygen atoms in total. The second-order valence-electron chi connectivity index (χ2n) is 6.08. The number of aromatic nitrogens is 2. The van der Waals surface area contributed by atoms with Crippen LogP contribution in [0.5, 0.6) is 0 Å². The van der Waals surface area contributed by atoms with Crippen molar-refractivity contribution in [3.63, 3.8) is 0 Å². The molecule has 0 radical (unpaired) electrons. The summed E-state index contributed by atoms with van der Waals surface area (Å²) in [6.45, 7) is 3.62. The molecular weight excluding hydrogens is 330 g/mol. The fourth-order valence-corrected chi connectivity index (χ4v) is 3.06. The summed E-state index contributed by atoms with van der Waals surface area (Å²) in [5.74, 6) is 1.29. The van der Waals surface area contributed by atoms with Gasteiger partial charge in [0.1, 0.15) is 0 Å². The third-order valence-corrected chi connectivity index (χ3v) is 4.85. The highest BCUT2D eigenvalue weighted by molar-refractivity contribution is 7.98. The minimum Gasteiger partial charge on any atom is -0.338 e. The normalized spacial score (nSPS) is 11.2. The molecule has 0 unspecified atom stereocenters. The van der Waals surface area contributed by atoms with Crippen LogP contribution in [0.3, 0.4) is 0 Å². The summed E-state index contributed by atoms with van der Waals surface area (Å²) < 4.78 is 5.41. The lowest BCUT2D eigenvalue weighted by Crippen LogP contribution is -2.17. The average molecular weight is 353 g/mol. The predicted octanol–water partition coefficient (Wildman–Crippen LogP) is 4.65. The number of thioether (sulfide) groups is 1. The molecule has 1 aromatic heterocycles. The Hall–Kier alpha value is -2.11. The minimum absolute atomic E-state index is 0.629. The topological polar surface area (TPSA) is 42.2 Å². The lowest BCUT2D eigenvalue weighted by molar-refractivity contribution is 0.261. The first-order valence-corrected chi connectivity index (χ1v) is 9.63. The quantitative estimate of drug-likeness (QED) is 0.578. The number of nitrogens with zero attached hydrogens (tertiary/aromatic N) is 3. The molecule has 0 aliphatic rings. The van der Waals surface area contributed by atoms with Crippen molar-refractivity contribution < 1.29 is 4.52 Å². The summed E-state index contributed by atoms with van der Waals surface area (Å²) in [6.07, 6.45) is 3.12. The van der Waals surface area contributed by atoms with Crippen LogP contribution in [0.1, 0.15) is 23.9 Å². The van der Waals surface area contributed by atoms with Gasteiger partial charge in [-0.3, -0.25) is 4.90 Å². The van der Waals surface area contributed by atoms with E-state index in [0.717, 1.165) is 18.5 Å². The van der Waals surface area contributed by atoms with E-state index in [1.165, 1.54) is 16.0 Å². The lowest BCUT2D eigenvalue weighted by atomic mass is 10.1. The fraction of sp³-hybridized carbons (Fsp3) is 0.300. The van der Waals surface area contributed by atoms with E-state index in [0.29, 0.717) is 18.3 Å². The van der Waals surface area contributed by atoms with Crippen LogP contribution >= 0.6 is 11.8 Å². The smallest absolute Gasteiger partial charge is 0.241 e. The van der Waals surface area contributed by atoms with Gasteiger partial charge in [0, 0.05) is 17.0 Å². The van der Waals surface area contributed by atoms with Gasteiger partial charge in [-0.1, -0.05) is 48.5 Å². The van der Waals surface area contributed by atoms with E-state index in [1.54, 1.807) is 11.8 Å². The number of hydrogen-bond donors (Lipinski definition) is 0. The molecule has 0 saturated heterocycles. The van der Waals surface area contributed by atoms with E-state index in [-0.39, 0.29) is 0 Å². The molecule has 0 bridgehead atoms. The molecule has 3 aromatic rings. The highest BCUT2D eigenvalue weighted by Crippen LogP contribution is 2.18. The van der Waals surface area contributed by atoms with Crippen molar-refractivity contribution >= 4 is 11.8 Å².